The van der Waals surface area contributed by atoms with E-state index in [1.165, 1.54) is 81.4 Å². The van der Waals surface area contributed by atoms with Gasteiger partial charge < -0.3 is 0 Å². The van der Waals surface area contributed by atoms with Crippen LogP contribution in [0, 0.1) is 27.7 Å². The van der Waals surface area contributed by atoms with Crippen LogP contribution in [0.25, 0.3) is 32.7 Å². The van der Waals surface area contributed by atoms with Gasteiger partial charge in [0, 0.05) is 16.5 Å². The van der Waals surface area contributed by atoms with E-state index in [4.69, 9.17) is 0 Å². The van der Waals surface area contributed by atoms with Gasteiger partial charge in [-0.3, -0.25) is 0 Å². The third-order valence-corrected chi connectivity index (χ3v) is 20.0. The van der Waals surface area contributed by atoms with Crippen LogP contribution in [0.15, 0.2) is 158 Å². The lowest BCUT2D eigenvalue weighted by atomic mass is 9.94. The summed E-state index contributed by atoms with van der Waals surface area (Å²) in [5.74, 6) is 0. The molecule has 238 valence electrons. The van der Waals surface area contributed by atoms with Crippen LogP contribution in [0.2, 0.25) is 0 Å². The highest BCUT2D eigenvalue weighted by molar-refractivity contribution is 8.13. The summed E-state index contributed by atoms with van der Waals surface area (Å²) in [6, 6.07) is 61.6. The summed E-state index contributed by atoms with van der Waals surface area (Å²) >= 11 is 0. The summed E-state index contributed by atoms with van der Waals surface area (Å²) in [5.41, 5.74) is 8.09. The van der Waals surface area contributed by atoms with E-state index in [0.29, 0.717) is 0 Å². The minimum Gasteiger partial charge on any atom is -0.0616 e. The van der Waals surface area contributed by atoms with Crippen molar-refractivity contribution in [2.45, 2.75) is 27.7 Å². The number of hydrogen-bond acceptors (Lipinski definition) is 0. The van der Waals surface area contributed by atoms with E-state index in [1.54, 1.807) is 15.9 Å². The molecule has 10 rings (SSSR count). The predicted octanol–water partition coefficient (Wildman–Crippen LogP) is 8.76. The van der Waals surface area contributed by atoms with Crippen molar-refractivity contribution in [3.63, 3.8) is 0 Å². The smallest absolute Gasteiger partial charge is 0.0616 e. The number of benzene rings is 8. The molecule has 50 heavy (non-hydrogen) atoms. The first kappa shape index (κ1) is 30.0. The van der Waals surface area contributed by atoms with Gasteiger partial charge in [0.05, 0.1) is 0 Å². The maximum absolute atomic E-state index is 2.51. The van der Waals surface area contributed by atoms with Crippen molar-refractivity contribution in [3.05, 3.63) is 180 Å². The molecule has 8 aromatic rings. The first-order valence-electron chi connectivity index (χ1n) is 17.6. The molecule has 2 aliphatic heterocycles. The Balaban J connectivity index is 1.47. The average Bonchev–Trinajstić information content (AvgIpc) is 3.74. The highest BCUT2D eigenvalue weighted by atomic mass is 31.2. The molecule has 2 heterocycles. The zero-order valence-corrected chi connectivity index (χ0v) is 30.7. The SMILES string of the molecule is Cc1ccc([P+]2(c3ccc(C)cc3)c3ccc4ccccc4c3-c3c2c2c(c4ccccc34)[P+]2(c2ccc(C)cc2)c2ccc(C)cc2)cc1. The third-order valence-electron chi connectivity index (χ3n) is 11.3. The van der Waals surface area contributed by atoms with Crippen LogP contribution in [0.3, 0.4) is 0 Å². The Bertz CT molecular complexity index is 2560. The molecule has 0 saturated carbocycles. The van der Waals surface area contributed by atoms with Crippen molar-refractivity contribution in [2.24, 2.45) is 0 Å². The summed E-state index contributed by atoms with van der Waals surface area (Å²) in [7, 11) is -4.50. The molecule has 0 N–H and O–H groups in total. The van der Waals surface area contributed by atoms with Crippen molar-refractivity contribution < 1.29 is 0 Å². The van der Waals surface area contributed by atoms with E-state index in [1.807, 2.05) is 0 Å². The molecule has 0 aromatic heterocycles. The molecule has 0 spiro atoms. The summed E-state index contributed by atoms with van der Waals surface area (Å²) in [6.07, 6.45) is 0. The Hall–Kier alpha value is -4.86. The number of aryl methyl sites for hydroxylation is 4. The predicted molar refractivity (Wildman–Crippen MR) is 223 cm³/mol. The lowest BCUT2D eigenvalue weighted by Crippen LogP contribution is -2.40. The van der Waals surface area contributed by atoms with Crippen LogP contribution in [-0.2, 0) is 0 Å². The quantitative estimate of drug-likeness (QED) is 0.164. The molecule has 0 saturated heterocycles. The second-order valence-corrected chi connectivity index (χ2v) is 20.9. The van der Waals surface area contributed by atoms with Crippen molar-refractivity contribution in [1.29, 1.82) is 0 Å². The second-order valence-electron chi connectivity index (χ2n) is 14.3. The summed E-state index contributed by atoms with van der Waals surface area (Å²) < 4.78 is 0. The third kappa shape index (κ3) is 3.90. The van der Waals surface area contributed by atoms with E-state index in [9.17, 15) is 0 Å². The van der Waals surface area contributed by atoms with Crippen LogP contribution in [0.5, 0.6) is 0 Å². The van der Waals surface area contributed by atoms with Gasteiger partial charge in [-0.25, -0.2) is 0 Å². The number of rotatable bonds is 4. The van der Waals surface area contributed by atoms with Crippen molar-refractivity contribution in [1.82, 2.24) is 0 Å². The van der Waals surface area contributed by atoms with Gasteiger partial charge in [-0.2, -0.15) is 0 Å². The van der Waals surface area contributed by atoms with Crippen LogP contribution in [-0.4, -0.2) is 0 Å². The van der Waals surface area contributed by atoms with Gasteiger partial charge in [0.1, 0.15) is 33.8 Å². The van der Waals surface area contributed by atoms with Crippen LogP contribution < -0.4 is 42.4 Å². The maximum atomic E-state index is 2.51. The molecule has 2 heteroatoms. The minimum atomic E-state index is -2.38. The van der Waals surface area contributed by atoms with Crippen molar-refractivity contribution in [3.8, 4) is 11.1 Å². The normalized spacial score (nSPS) is 14.7. The molecule has 8 aromatic carbocycles. The molecule has 0 fully saturated rings. The molecular weight excluding hydrogens is 638 g/mol. The van der Waals surface area contributed by atoms with Crippen LogP contribution >= 0.6 is 14.5 Å². The Morgan fingerprint density at radius 3 is 1.22 bits per heavy atom. The zero-order chi connectivity index (χ0) is 33.8. The first-order valence-corrected chi connectivity index (χ1v) is 21.2. The Labute approximate surface area is 296 Å². The molecule has 0 atom stereocenters. The van der Waals surface area contributed by atoms with Crippen molar-refractivity contribution in [2.75, 3.05) is 0 Å². The lowest BCUT2D eigenvalue weighted by Gasteiger charge is -2.24. The molecule has 0 unspecified atom stereocenters. The van der Waals surface area contributed by atoms with Gasteiger partial charge in [0.25, 0.3) is 0 Å². The van der Waals surface area contributed by atoms with E-state index in [2.05, 4.69) is 185 Å². The first-order chi connectivity index (χ1) is 24.4. The Morgan fingerprint density at radius 2 is 0.720 bits per heavy atom. The monoisotopic (exact) mass is 676 g/mol. The highest BCUT2D eigenvalue weighted by Gasteiger charge is 2.74. The largest absolute Gasteiger partial charge is 0.197 e. The van der Waals surface area contributed by atoms with Gasteiger partial charge in [0.15, 0.2) is 23.2 Å². The standard InChI is InChI=1S/C48H38P2/c1-31-13-22-36(23-14-31)49(37-24-15-32(2)16-25-37)43-30-21-35-9-5-6-10-40(35)44(43)45-41-11-7-8-12-42(41)46-48(47(45)49)50(46,38-26-17-33(3)18-27-38)39-28-19-34(4)20-29-39/h5-30H,1-4H3/q+2. The molecule has 0 amide bonds. The molecule has 0 radical (unpaired) electrons. The summed E-state index contributed by atoms with van der Waals surface area (Å²) in [4.78, 5) is 0. The molecule has 0 aliphatic carbocycles. The highest BCUT2D eigenvalue weighted by Crippen LogP contribution is 2.72. The topological polar surface area (TPSA) is 0 Å². The van der Waals surface area contributed by atoms with E-state index < -0.39 is 14.5 Å². The Kier molecular flexibility index (Phi) is 6.49. The van der Waals surface area contributed by atoms with Crippen LogP contribution in [0.4, 0.5) is 0 Å². The second kappa shape index (κ2) is 10.8. The minimum absolute atomic E-state index is 1.30. The number of fused-ring (bicyclic) bond motifs is 10. The van der Waals surface area contributed by atoms with E-state index in [0.717, 1.165) is 0 Å². The average molecular weight is 677 g/mol. The number of hydrogen-bond donors (Lipinski definition) is 0. The van der Waals surface area contributed by atoms with Gasteiger partial charge >= 0.3 is 0 Å². The van der Waals surface area contributed by atoms with Gasteiger partial charge in [-0.05, 0) is 98.5 Å². The fraction of sp³-hybridized carbons (Fsp3) is 0.0833. The van der Waals surface area contributed by atoms with Crippen molar-refractivity contribution >= 4 is 78.5 Å². The van der Waals surface area contributed by atoms with E-state index in [-0.39, 0.29) is 0 Å². The van der Waals surface area contributed by atoms with E-state index >= 15 is 0 Å². The van der Waals surface area contributed by atoms with Gasteiger partial charge in [-0.1, -0.05) is 125 Å². The summed E-state index contributed by atoms with van der Waals surface area (Å²) in [5, 5.41) is 17.6. The Morgan fingerprint density at radius 1 is 0.300 bits per heavy atom. The molecule has 0 bridgehead atoms. The molecule has 0 nitrogen and oxygen atoms in total. The fourth-order valence-electron chi connectivity index (χ4n) is 8.91. The zero-order valence-electron chi connectivity index (χ0n) is 28.9. The lowest BCUT2D eigenvalue weighted by molar-refractivity contribution is 1.48. The van der Waals surface area contributed by atoms with Crippen LogP contribution in [0.1, 0.15) is 22.3 Å². The molecule has 2 aliphatic rings. The maximum Gasteiger partial charge on any atom is 0.197 e. The molecular formula is C48H38P2+2. The fourth-order valence-corrected chi connectivity index (χ4v) is 19.1. The van der Waals surface area contributed by atoms with Gasteiger partial charge in [0.2, 0.25) is 0 Å². The van der Waals surface area contributed by atoms with Gasteiger partial charge in [-0.15, -0.1) is 0 Å². The summed E-state index contributed by atoms with van der Waals surface area (Å²) in [6.45, 7) is 8.85.